The van der Waals surface area contributed by atoms with E-state index in [0.717, 1.165) is 6.42 Å². The van der Waals surface area contributed by atoms with E-state index in [-0.39, 0.29) is 0 Å². The number of thioether (sulfide) groups is 1. The highest BCUT2D eigenvalue weighted by atomic mass is 32.2. The number of rotatable bonds is 2. The van der Waals surface area contributed by atoms with Crippen LogP contribution in [0.25, 0.3) is 0 Å². The molecule has 2 rings (SSSR count). The number of Topliss-reactive ketones (excluding diaryl/α,β-unsaturated/α-hetero) is 1. The summed E-state index contributed by atoms with van der Waals surface area (Å²) in [4.78, 5) is 11.4. The van der Waals surface area contributed by atoms with E-state index in [2.05, 4.69) is 0 Å². The second-order valence-electron chi connectivity index (χ2n) is 3.18. The Balaban J connectivity index is 1.84. The standard InChI is InChI=1S/C8H12OS/c9-8(6-2-1-3-6)7-4-5-10-7/h6-7H,1-5H2. The summed E-state index contributed by atoms with van der Waals surface area (Å²) in [7, 11) is 0. The van der Waals surface area contributed by atoms with Crippen LogP contribution in [0.5, 0.6) is 0 Å². The molecule has 1 saturated carbocycles. The fourth-order valence-corrected chi connectivity index (χ4v) is 2.24. The Labute approximate surface area is 65.6 Å². The summed E-state index contributed by atoms with van der Waals surface area (Å²) in [6, 6.07) is 0. The van der Waals surface area contributed by atoms with E-state index in [1.54, 1.807) is 0 Å². The second kappa shape index (κ2) is 2.57. The van der Waals surface area contributed by atoms with Gasteiger partial charge in [0.05, 0.1) is 5.25 Å². The van der Waals surface area contributed by atoms with E-state index < -0.39 is 0 Å². The topological polar surface area (TPSA) is 17.1 Å². The minimum Gasteiger partial charge on any atom is -0.298 e. The lowest BCUT2D eigenvalue weighted by Crippen LogP contribution is -2.35. The zero-order chi connectivity index (χ0) is 6.97. The fourth-order valence-electron chi connectivity index (χ4n) is 1.42. The molecule has 0 aromatic heterocycles. The van der Waals surface area contributed by atoms with Crippen molar-refractivity contribution in [2.75, 3.05) is 5.75 Å². The molecule has 1 aliphatic heterocycles. The molecule has 2 fully saturated rings. The molecule has 2 heteroatoms. The van der Waals surface area contributed by atoms with E-state index in [0.29, 0.717) is 17.0 Å². The van der Waals surface area contributed by atoms with Crippen molar-refractivity contribution in [3.8, 4) is 0 Å². The molecule has 10 heavy (non-hydrogen) atoms. The highest BCUT2D eigenvalue weighted by molar-refractivity contribution is 8.02. The number of carbonyl (C=O) groups excluding carboxylic acids is 1. The largest absolute Gasteiger partial charge is 0.298 e. The lowest BCUT2D eigenvalue weighted by Gasteiger charge is -2.31. The summed E-state index contributed by atoms with van der Waals surface area (Å²) in [6.45, 7) is 0. The van der Waals surface area contributed by atoms with Crippen molar-refractivity contribution in [3.63, 3.8) is 0 Å². The monoisotopic (exact) mass is 156 g/mol. The molecule has 1 nitrogen and oxygen atoms in total. The lowest BCUT2D eigenvalue weighted by molar-refractivity contribution is -0.124. The van der Waals surface area contributed by atoms with Crippen LogP contribution in [0.4, 0.5) is 0 Å². The van der Waals surface area contributed by atoms with Gasteiger partial charge < -0.3 is 0 Å². The average molecular weight is 156 g/mol. The summed E-state index contributed by atoms with van der Waals surface area (Å²) in [5.74, 6) is 2.24. The molecule has 2 aliphatic rings. The Bertz CT molecular complexity index is 131. The number of ketones is 1. The smallest absolute Gasteiger partial charge is 0.148 e. The average Bonchev–Trinajstić information content (AvgIpc) is 1.52. The van der Waals surface area contributed by atoms with E-state index >= 15 is 0 Å². The normalized spacial score (nSPS) is 32.6. The Morgan fingerprint density at radius 1 is 1.30 bits per heavy atom. The van der Waals surface area contributed by atoms with E-state index in [1.807, 2.05) is 11.8 Å². The first-order valence-corrected chi connectivity index (χ1v) is 5.08. The number of hydrogen-bond donors (Lipinski definition) is 0. The van der Waals surface area contributed by atoms with Crippen LogP contribution in [0.3, 0.4) is 0 Å². The molecule has 0 spiro atoms. The highest BCUT2D eigenvalue weighted by Gasteiger charge is 2.34. The molecule has 1 saturated heterocycles. The molecular formula is C8H12OS. The van der Waals surface area contributed by atoms with Gasteiger partial charge in [-0.3, -0.25) is 4.79 Å². The molecule has 0 bridgehead atoms. The molecule has 0 N–H and O–H groups in total. The van der Waals surface area contributed by atoms with Gasteiger partial charge in [-0.05, 0) is 25.0 Å². The zero-order valence-electron chi connectivity index (χ0n) is 6.01. The van der Waals surface area contributed by atoms with Crippen molar-refractivity contribution in [1.82, 2.24) is 0 Å². The van der Waals surface area contributed by atoms with Crippen LogP contribution >= 0.6 is 11.8 Å². The third-order valence-electron chi connectivity index (χ3n) is 2.52. The maximum absolute atomic E-state index is 11.4. The van der Waals surface area contributed by atoms with Crippen molar-refractivity contribution < 1.29 is 4.79 Å². The maximum Gasteiger partial charge on any atom is 0.148 e. The SMILES string of the molecule is O=C(C1CCC1)C1CCS1. The zero-order valence-corrected chi connectivity index (χ0v) is 6.82. The summed E-state index contributed by atoms with van der Waals surface area (Å²) in [6.07, 6.45) is 4.79. The number of carbonyl (C=O) groups is 1. The van der Waals surface area contributed by atoms with Crippen molar-refractivity contribution in [2.24, 2.45) is 5.92 Å². The van der Waals surface area contributed by atoms with Crippen molar-refractivity contribution in [2.45, 2.75) is 30.9 Å². The second-order valence-corrected chi connectivity index (χ2v) is 4.49. The molecule has 1 atom stereocenters. The van der Waals surface area contributed by atoms with E-state index in [9.17, 15) is 4.79 Å². The quantitative estimate of drug-likeness (QED) is 0.607. The van der Waals surface area contributed by atoms with Crippen molar-refractivity contribution in [3.05, 3.63) is 0 Å². The van der Waals surface area contributed by atoms with E-state index in [1.165, 1.54) is 25.0 Å². The maximum atomic E-state index is 11.4. The van der Waals surface area contributed by atoms with Crippen LogP contribution < -0.4 is 0 Å². The van der Waals surface area contributed by atoms with Crippen LogP contribution in [0, 0.1) is 5.92 Å². The summed E-state index contributed by atoms with van der Waals surface area (Å²) >= 11 is 1.84. The van der Waals surface area contributed by atoms with Gasteiger partial charge in [0, 0.05) is 5.92 Å². The van der Waals surface area contributed by atoms with Crippen LogP contribution in [-0.4, -0.2) is 16.8 Å². The molecule has 1 aliphatic carbocycles. The van der Waals surface area contributed by atoms with Crippen molar-refractivity contribution >= 4 is 17.5 Å². The van der Waals surface area contributed by atoms with Gasteiger partial charge in [-0.15, -0.1) is 0 Å². The fraction of sp³-hybridized carbons (Fsp3) is 0.875. The molecule has 0 amide bonds. The van der Waals surface area contributed by atoms with Gasteiger partial charge in [-0.2, -0.15) is 11.8 Å². The third kappa shape index (κ3) is 0.986. The summed E-state index contributed by atoms with van der Waals surface area (Å²) < 4.78 is 0. The Morgan fingerprint density at radius 3 is 2.30 bits per heavy atom. The minimum atomic E-state index is 0.408. The predicted molar refractivity (Wildman–Crippen MR) is 43.2 cm³/mol. The van der Waals surface area contributed by atoms with Crippen LogP contribution in [0.1, 0.15) is 25.7 Å². The molecule has 1 heterocycles. The minimum absolute atomic E-state index is 0.408. The molecule has 0 aromatic carbocycles. The molecular weight excluding hydrogens is 144 g/mol. The summed E-state index contributed by atoms with van der Waals surface area (Å²) in [5, 5.41) is 0.408. The first kappa shape index (κ1) is 6.71. The predicted octanol–water partition coefficient (Wildman–Crippen LogP) is 1.86. The van der Waals surface area contributed by atoms with Gasteiger partial charge >= 0.3 is 0 Å². The third-order valence-corrected chi connectivity index (χ3v) is 3.87. The number of hydrogen-bond acceptors (Lipinski definition) is 2. The first-order valence-electron chi connectivity index (χ1n) is 4.03. The van der Waals surface area contributed by atoms with Crippen LogP contribution in [0.15, 0.2) is 0 Å². The van der Waals surface area contributed by atoms with Gasteiger partial charge in [0.15, 0.2) is 0 Å². The van der Waals surface area contributed by atoms with Gasteiger partial charge in [0.25, 0.3) is 0 Å². The van der Waals surface area contributed by atoms with Gasteiger partial charge in [-0.1, -0.05) is 6.42 Å². The van der Waals surface area contributed by atoms with Gasteiger partial charge in [-0.25, -0.2) is 0 Å². The lowest BCUT2D eigenvalue weighted by atomic mass is 9.80. The van der Waals surface area contributed by atoms with Crippen LogP contribution in [-0.2, 0) is 4.79 Å². The molecule has 1 unspecified atom stereocenters. The summed E-state index contributed by atoms with van der Waals surface area (Å²) in [5.41, 5.74) is 0. The first-order chi connectivity index (χ1) is 4.88. The van der Waals surface area contributed by atoms with Crippen LogP contribution in [0.2, 0.25) is 0 Å². The Kier molecular flexibility index (Phi) is 1.73. The highest BCUT2D eigenvalue weighted by Crippen LogP contribution is 2.36. The molecule has 0 aromatic rings. The van der Waals surface area contributed by atoms with Crippen molar-refractivity contribution in [1.29, 1.82) is 0 Å². The molecule has 56 valence electrons. The van der Waals surface area contributed by atoms with Gasteiger partial charge in [0.2, 0.25) is 0 Å². The van der Waals surface area contributed by atoms with E-state index in [4.69, 9.17) is 0 Å². The Hall–Kier alpha value is 0.0200. The van der Waals surface area contributed by atoms with Gasteiger partial charge in [0.1, 0.15) is 5.78 Å². The molecule has 0 radical (unpaired) electrons. The Morgan fingerprint density at radius 2 is 2.00 bits per heavy atom.